The smallest absolute Gasteiger partial charge is 0.392 e. The third kappa shape index (κ3) is 5.02. The second-order valence-corrected chi connectivity index (χ2v) is 8.74. The first kappa shape index (κ1) is 23.1. The van der Waals surface area contributed by atoms with Gasteiger partial charge in [0, 0.05) is 25.3 Å². The molecule has 0 aliphatic rings. The summed E-state index contributed by atoms with van der Waals surface area (Å²) < 4.78 is 47.1. The van der Waals surface area contributed by atoms with Crippen LogP contribution in [-0.4, -0.2) is 30.4 Å². The maximum atomic E-state index is 14.9. The third-order valence-corrected chi connectivity index (χ3v) is 6.11. The van der Waals surface area contributed by atoms with Crippen LogP contribution in [0.1, 0.15) is 48.0 Å². The number of aryl methyl sites for hydroxylation is 1. The Morgan fingerprint density at radius 3 is 2.53 bits per heavy atom. The van der Waals surface area contributed by atoms with Crippen molar-refractivity contribution in [2.24, 2.45) is 0 Å². The minimum atomic E-state index is -4.13. The number of oxazole rings is 1. The number of carboxylic acid groups (broad SMARTS) is 1. The van der Waals surface area contributed by atoms with Gasteiger partial charge < -0.3 is 9.52 Å². The molecule has 0 fully saturated rings. The number of nitrogens with zero attached hydrogens (tertiary/aromatic N) is 1. The highest BCUT2D eigenvalue weighted by Gasteiger charge is 2.22. The van der Waals surface area contributed by atoms with Gasteiger partial charge >= 0.3 is 11.9 Å². The Morgan fingerprint density at radius 1 is 1.19 bits per heavy atom. The fourth-order valence-corrected chi connectivity index (χ4v) is 4.48. The van der Waals surface area contributed by atoms with Crippen molar-refractivity contribution in [2.75, 3.05) is 0 Å². The van der Waals surface area contributed by atoms with Crippen LogP contribution in [0.3, 0.4) is 0 Å². The highest BCUT2D eigenvalue weighted by Crippen LogP contribution is 2.29. The van der Waals surface area contributed by atoms with Gasteiger partial charge in [-0.2, -0.15) is 0 Å². The van der Waals surface area contributed by atoms with Crippen molar-refractivity contribution >= 4 is 21.9 Å². The SMILES string of the molecule is CCCc1oc(C(=O)O)nc1Cc1ccc(-c2ccccc2S(=O)(=O)NC(C)=O)cc1F. The van der Waals surface area contributed by atoms with Gasteiger partial charge in [0.25, 0.3) is 10.0 Å². The van der Waals surface area contributed by atoms with Crippen LogP contribution in [0.4, 0.5) is 4.39 Å². The van der Waals surface area contributed by atoms with Gasteiger partial charge in [0.1, 0.15) is 11.6 Å². The molecule has 0 aliphatic carbocycles. The number of sulfonamides is 1. The molecule has 1 heterocycles. The fraction of sp³-hybridized carbons (Fsp3) is 0.227. The van der Waals surface area contributed by atoms with Gasteiger partial charge in [0.2, 0.25) is 5.91 Å². The summed E-state index contributed by atoms with van der Waals surface area (Å²) in [5.41, 5.74) is 1.12. The van der Waals surface area contributed by atoms with Crippen molar-refractivity contribution in [3.8, 4) is 11.1 Å². The second-order valence-electron chi connectivity index (χ2n) is 7.08. The summed E-state index contributed by atoms with van der Waals surface area (Å²) in [5.74, 6) is -2.71. The highest BCUT2D eigenvalue weighted by molar-refractivity contribution is 7.90. The zero-order valence-corrected chi connectivity index (χ0v) is 18.2. The number of carbonyl (C=O) groups excluding carboxylic acids is 1. The van der Waals surface area contributed by atoms with E-state index in [0.29, 0.717) is 29.9 Å². The second kappa shape index (κ2) is 9.31. The lowest BCUT2D eigenvalue weighted by molar-refractivity contribution is -0.117. The summed E-state index contributed by atoms with van der Waals surface area (Å²) in [6, 6.07) is 10.2. The molecule has 2 aromatic carbocycles. The Hall–Kier alpha value is -3.53. The number of rotatable bonds is 8. The molecule has 0 saturated carbocycles. The van der Waals surface area contributed by atoms with Crippen molar-refractivity contribution in [3.05, 3.63) is 71.2 Å². The van der Waals surface area contributed by atoms with Crippen molar-refractivity contribution < 1.29 is 31.9 Å². The van der Waals surface area contributed by atoms with Crippen LogP contribution in [0.25, 0.3) is 11.1 Å². The van der Waals surface area contributed by atoms with Gasteiger partial charge in [-0.15, -0.1) is 0 Å². The molecular weight excluding hydrogens is 439 g/mol. The number of halogens is 1. The number of hydrogen-bond acceptors (Lipinski definition) is 6. The van der Waals surface area contributed by atoms with E-state index in [1.165, 1.54) is 30.3 Å². The van der Waals surface area contributed by atoms with Crippen molar-refractivity contribution in [3.63, 3.8) is 0 Å². The Morgan fingerprint density at radius 2 is 1.91 bits per heavy atom. The first-order valence-corrected chi connectivity index (χ1v) is 11.2. The Labute approximate surface area is 184 Å². The predicted molar refractivity (Wildman–Crippen MR) is 113 cm³/mol. The highest BCUT2D eigenvalue weighted by atomic mass is 32.2. The van der Waals surface area contributed by atoms with Gasteiger partial charge in [-0.3, -0.25) is 4.79 Å². The molecule has 3 aromatic rings. The van der Waals surface area contributed by atoms with E-state index in [9.17, 15) is 22.4 Å². The molecule has 1 amide bonds. The molecule has 0 radical (unpaired) electrons. The van der Waals surface area contributed by atoms with Crippen LogP contribution in [0.2, 0.25) is 0 Å². The van der Waals surface area contributed by atoms with Crippen LogP contribution in [0.15, 0.2) is 51.8 Å². The quantitative estimate of drug-likeness (QED) is 0.526. The normalized spacial score (nSPS) is 11.3. The number of nitrogens with one attached hydrogen (secondary N) is 1. The largest absolute Gasteiger partial charge is 0.474 e. The van der Waals surface area contributed by atoms with Gasteiger partial charge in [-0.25, -0.2) is 27.3 Å². The molecule has 0 atom stereocenters. The van der Waals surface area contributed by atoms with E-state index in [4.69, 9.17) is 9.52 Å². The molecule has 0 bridgehead atoms. The standard InChI is InChI=1S/C22H21FN2O6S/c1-3-6-19-18(24-21(31-19)22(27)28)12-15-10-9-14(11-17(15)23)16-7-4-5-8-20(16)32(29,30)25-13(2)26/h4-5,7-11H,3,6,12H2,1-2H3,(H,25,26)(H,27,28). The van der Waals surface area contributed by atoms with Gasteiger partial charge in [0.05, 0.1) is 10.6 Å². The lowest BCUT2D eigenvalue weighted by Gasteiger charge is -2.12. The minimum Gasteiger partial charge on any atom is -0.474 e. The molecule has 1 aromatic heterocycles. The maximum Gasteiger partial charge on any atom is 0.392 e. The van der Waals surface area contributed by atoms with Crippen LogP contribution in [-0.2, 0) is 27.7 Å². The zero-order valence-electron chi connectivity index (χ0n) is 17.4. The average Bonchev–Trinajstić information content (AvgIpc) is 3.12. The number of carbonyl (C=O) groups is 2. The summed E-state index contributed by atoms with van der Waals surface area (Å²) in [7, 11) is -4.13. The first-order chi connectivity index (χ1) is 15.1. The average molecular weight is 460 g/mol. The Kier molecular flexibility index (Phi) is 6.73. The number of carboxylic acids is 1. The lowest BCUT2D eigenvalue weighted by atomic mass is 10.0. The molecule has 3 rings (SSSR count). The number of benzene rings is 2. The van der Waals surface area contributed by atoms with Crippen LogP contribution < -0.4 is 4.72 Å². The molecule has 0 aliphatic heterocycles. The van der Waals surface area contributed by atoms with E-state index < -0.39 is 33.6 Å². The van der Waals surface area contributed by atoms with Crippen molar-refractivity contribution in [1.82, 2.24) is 9.71 Å². The van der Waals surface area contributed by atoms with Crippen LogP contribution in [0, 0.1) is 5.82 Å². The number of amides is 1. The van der Waals surface area contributed by atoms with E-state index in [1.807, 2.05) is 11.6 Å². The first-order valence-electron chi connectivity index (χ1n) is 9.75. The maximum absolute atomic E-state index is 14.9. The third-order valence-electron chi connectivity index (χ3n) is 4.61. The summed E-state index contributed by atoms with van der Waals surface area (Å²) in [5, 5.41) is 9.11. The Balaban J connectivity index is 1.98. The fourth-order valence-electron chi connectivity index (χ4n) is 3.26. The predicted octanol–water partition coefficient (Wildman–Crippen LogP) is 3.55. The van der Waals surface area contributed by atoms with E-state index in [0.717, 1.165) is 6.92 Å². The number of aromatic carboxylic acids is 1. The summed E-state index contributed by atoms with van der Waals surface area (Å²) in [6.07, 6.45) is 1.18. The summed E-state index contributed by atoms with van der Waals surface area (Å²) >= 11 is 0. The molecular formula is C22H21FN2O6S. The monoisotopic (exact) mass is 460 g/mol. The Bertz CT molecular complexity index is 1280. The van der Waals surface area contributed by atoms with Gasteiger partial charge in [-0.1, -0.05) is 37.3 Å². The number of aromatic nitrogens is 1. The molecule has 2 N–H and O–H groups in total. The summed E-state index contributed by atoms with van der Waals surface area (Å²) in [6.45, 7) is 2.98. The molecule has 10 heteroatoms. The molecule has 0 unspecified atom stereocenters. The lowest BCUT2D eigenvalue weighted by Crippen LogP contribution is -2.28. The van der Waals surface area contributed by atoms with Crippen LogP contribution in [0.5, 0.6) is 0 Å². The minimum absolute atomic E-state index is 0.0179. The van der Waals surface area contributed by atoms with E-state index in [-0.39, 0.29) is 22.4 Å². The summed E-state index contributed by atoms with van der Waals surface area (Å²) in [4.78, 5) is 26.2. The van der Waals surface area contributed by atoms with Crippen molar-refractivity contribution in [2.45, 2.75) is 38.0 Å². The van der Waals surface area contributed by atoms with E-state index >= 15 is 0 Å². The van der Waals surface area contributed by atoms with Gasteiger partial charge in [-0.05, 0) is 29.7 Å². The topological polar surface area (TPSA) is 127 Å². The van der Waals surface area contributed by atoms with E-state index in [1.54, 1.807) is 12.1 Å². The molecule has 0 saturated heterocycles. The van der Waals surface area contributed by atoms with Crippen LogP contribution >= 0.6 is 0 Å². The molecule has 0 spiro atoms. The zero-order chi connectivity index (χ0) is 23.5. The molecule has 168 valence electrons. The van der Waals surface area contributed by atoms with E-state index in [2.05, 4.69) is 4.98 Å². The van der Waals surface area contributed by atoms with Gasteiger partial charge in [0.15, 0.2) is 0 Å². The molecule has 32 heavy (non-hydrogen) atoms. The molecule has 8 nitrogen and oxygen atoms in total. The number of hydrogen-bond donors (Lipinski definition) is 2. The van der Waals surface area contributed by atoms with Crippen molar-refractivity contribution in [1.29, 1.82) is 0 Å².